The fourth-order valence-electron chi connectivity index (χ4n) is 1.31. The van der Waals surface area contributed by atoms with Crippen molar-refractivity contribution in [3.8, 4) is 0 Å². The minimum atomic E-state index is -0.710. The van der Waals surface area contributed by atoms with Crippen LogP contribution in [-0.2, 0) is 9.74 Å². The largest absolute Gasteiger partial charge is 0.351 e. The Kier molecular flexibility index (Phi) is 2.82. The maximum absolute atomic E-state index is 11.4. The average Bonchev–Trinajstić information content (AvgIpc) is 2.05. The summed E-state index contributed by atoms with van der Waals surface area (Å²) in [5, 5.41) is 0. The highest BCUT2D eigenvalue weighted by molar-refractivity contribution is 5.71. The van der Waals surface area contributed by atoms with Crippen LogP contribution < -0.4 is 0 Å². The Bertz CT molecular complexity index is 143. The van der Waals surface area contributed by atoms with E-state index in [1.165, 1.54) is 0 Å². The van der Waals surface area contributed by atoms with Gasteiger partial charge in [0.25, 0.3) is 0 Å². The van der Waals surface area contributed by atoms with Crippen LogP contribution in [0.1, 0.15) is 12.8 Å². The van der Waals surface area contributed by atoms with Crippen LogP contribution >= 0.6 is 0 Å². The number of carbonyl (C=O) groups is 1. The molecular formula is C7H12FNO2. The molecule has 1 rings (SSSR count). The minimum Gasteiger partial charge on any atom is -0.306 e. The zero-order valence-corrected chi connectivity index (χ0v) is 6.55. The number of hydrogen-bond donors (Lipinski definition) is 0. The lowest BCUT2D eigenvalue weighted by Crippen LogP contribution is -2.33. The molecule has 0 aliphatic carbocycles. The van der Waals surface area contributed by atoms with E-state index >= 15 is 0 Å². The van der Waals surface area contributed by atoms with Crippen molar-refractivity contribution in [2.24, 2.45) is 5.92 Å². The number of rotatable bonds is 1. The van der Waals surface area contributed by atoms with Gasteiger partial charge in [-0.05, 0) is 33.0 Å². The van der Waals surface area contributed by atoms with E-state index in [-0.39, 0.29) is 5.92 Å². The van der Waals surface area contributed by atoms with Crippen molar-refractivity contribution in [2.45, 2.75) is 12.8 Å². The molecule has 1 fully saturated rings. The van der Waals surface area contributed by atoms with E-state index in [0.717, 1.165) is 13.1 Å². The summed E-state index contributed by atoms with van der Waals surface area (Å²) in [7, 11) is 1.98. The third kappa shape index (κ3) is 2.15. The van der Waals surface area contributed by atoms with Gasteiger partial charge in [0.1, 0.15) is 0 Å². The number of hydrogen-bond acceptors (Lipinski definition) is 3. The first-order valence-corrected chi connectivity index (χ1v) is 3.75. The van der Waals surface area contributed by atoms with Crippen LogP contribution in [0, 0.1) is 5.92 Å². The van der Waals surface area contributed by atoms with Gasteiger partial charge in [0.2, 0.25) is 0 Å². The second-order valence-corrected chi connectivity index (χ2v) is 2.97. The Hall–Kier alpha value is -0.640. The van der Waals surface area contributed by atoms with E-state index in [4.69, 9.17) is 0 Å². The first-order chi connectivity index (χ1) is 5.24. The number of halogens is 1. The number of likely N-dealkylation sites (tertiary alicyclic amines) is 1. The highest BCUT2D eigenvalue weighted by atomic mass is 19.3. The van der Waals surface area contributed by atoms with Crippen molar-refractivity contribution in [3.05, 3.63) is 0 Å². The van der Waals surface area contributed by atoms with Gasteiger partial charge in [-0.1, -0.05) is 0 Å². The van der Waals surface area contributed by atoms with Crippen molar-refractivity contribution in [1.82, 2.24) is 4.90 Å². The molecule has 0 spiro atoms. The molecule has 3 nitrogen and oxygen atoms in total. The van der Waals surface area contributed by atoms with Gasteiger partial charge in [-0.3, -0.25) is 4.94 Å². The van der Waals surface area contributed by atoms with Crippen LogP contribution in [0.25, 0.3) is 0 Å². The molecule has 0 radical (unpaired) electrons. The van der Waals surface area contributed by atoms with Crippen molar-refractivity contribution in [1.29, 1.82) is 0 Å². The normalized spacial score (nSPS) is 21.6. The molecule has 0 aromatic heterocycles. The molecule has 0 unspecified atom stereocenters. The molecule has 64 valence electrons. The predicted molar refractivity (Wildman–Crippen MR) is 37.4 cm³/mol. The zero-order valence-electron chi connectivity index (χ0n) is 6.55. The van der Waals surface area contributed by atoms with Crippen LogP contribution in [0.2, 0.25) is 0 Å². The quantitative estimate of drug-likeness (QED) is 0.568. The van der Waals surface area contributed by atoms with Crippen LogP contribution in [0.15, 0.2) is 0 Å². The van der Waals surface area contributed by atoms with Gasteiger partial charge >= 0.3 is 5.97 Å². The van der Waals surface area contributed by atoms with E-state index in [1.54, 1.807) is 0 Å². The first kappa shape index (κ1) is 8.46. The lowest BCUT2D eigenvalue weighted by Gasteiger charge is -2.26. The van der Waals surface area contributed by atoms with E-state index < -0.39 is 5.97 Å². The minimum absolute atomic E-state index is 0.226. The standard InChI is InChI=1S/C7H12FNO2/c1-9-4-2-6(3-5-9)7(10)11-8/h6H,2-5H2,1H3. The van der Waals surface area contributed by atoms with Gasteiger partial charge in [-0.15, -0.1) is 0 Å². The van der Waals surface area contributed by atoms with Gasteiger partial charge in [0.05, 0.1) is 5.92 Å². The summed E-state index contributed by atoms with van der Waals surface area (Å²) in [6.07, 6.45) is 1.42. The molecule has 0 saturated carbocycles. The summed E-state index contributed by atoms with van der Waals surface area (Å²) in [4.78, 5) is 15.9. The average molecular weight is 161 g/mol. The Morgan fingerprint density at radius 2 is 2.09 bits per heavy atom. The zero-order chi connectivity index (χ0) is 8.27. The molecule has 0 bridgehead atoms. The van der Waals surface area contributed by atoms with Gasteiger partial charge in [0.15, 0.2) is 0 Å². The van der Waals surface area contributed by atoms with Gasteiger partial charge in [-0.2, -0.15) is 0 Å². The Morgan fingerprint density at radius 3 is 2.55 bits per heavy atom. The second kappa shape index (κ2) is 3.67. The van der Waals surface area contributed by atoms with Crippen LogP contribution in [-0.4, -0.2) is 31.0 Å². The van der Waals surface area contributed by atoms with Gasteiger partial charge in [0, 0.05) is 4.53 Å². The molecule has 1 aliphatic heterocycles. The summed E-state index contributed by atoms with van der Waals surface area (Å²) in [6, 6.07) is 0. The molecule has 11 heavy (non-hydrogen) atoms. The smallest absolute Gasteiger partial charge is 0.306 e. The maximum atomic E-state index is 11.4. The van der Waals surface area contributed by atoms with Gasteiger partial charge in [-0.25, -0.2) is 4.79 Å². The van der Waals surface area contributed by atoms with Crippen molar-refractivity contribution in [3.63, 3.8) is 0 Å². The van der Waals surface area contributed by atoms with E-state index in [9.17, 15) is 9.32 Å². The van der Waals surface area contributed by atoms with Crippen molar-refractivity contribution >= 4 is 5.97 Å². The van der Waals surface area contributed by atoms with E-state index in [1.807, 2.05) is 7.05 Å². The lowest BCUT2D eigenvalue weighted by molar-refractivity contribution is -0.190. The Morgan fingerprint density at radius 1 is 1.55 bits per heavy atom. The summed E-state index contributed by atoms with van der Waals surface area (Å²) in [6.45, 7) is 1.69. The summed E-state index contributed by atoms with van der Waals surface area (Å²) in [5.74, 6) is -0.936. The van der Waals surface area contributed by atoms with E-state index in [0.29, 0.717) is 12.8 Å². The highest BCUT2D eigenvalue weighted by Gasteiger charge is 2.25. The van der Waals surface area contributed by atoms with Gasteiger partial charge < -0.3 is 4.90 Å². The molecule has 1 saturated heterocycles. The molecule has 1 heterocycles. The highest BCUT2D eigenvalue weighted by Crippen LogP contribution is 2.17. The SMILES string of the molecule is CN1CCC(C(=O)OF)CC1. The summed E-state index contributed by atoms with van der Waals surface area (Å²) >= 11 is 0. The fraction of sp³-hybridized carbons (Fsp3) is 0.857. The predicted octanol–water partition coefficient (Wildman–Crippen LogP) is 0.756. The van der Waals surface area contributed by atoms with Crippen molar-refractivity contribution < 1.29 is 14.3 Å². The molecule has 0 aromatic rings. The van der Waals surface area contributed by atoms with E-state index in [2.05, 4.69) is 9.84 Å². The molecule has 0 atom stereocenters. The first-order valence-electron chi connectivity index (χ1n) is 3.75. The van der Waals surface area contributed by atoms with Crippen LogP contribution in [0.4, 0.5) is 4.53 Å². The Balaban J connectivity index is 2.33. The maximum Gasteiger partial charge on any atom is 0.351 e. The molecule has 0 amide bonds. The number of nitrogens with zero attached hydrogens (tertiary/aromatic N) is 1. The topological polar surface area (TPSA) is 29.5 Å². The molecule has 0 aromatic carbocycles. The third-order valence-electron chi connectivity index (χ3n) is 2.13. The summed E-state index contributed by atoms with van der Waals surface area (Å²) < 4.78 is 11.4. The molecule has 0 N–H and O–H groups in total. The third-order valence-corrected chi connectivity index (χ3v) is 2.13. The molecular weight excluding hydrogens is 149 g/mol. The van der Waals surface area contributed by atoms with Crippen LogP contribution in [0.3, 0.4) is 0 Å². The fourth-order valence-corrected chi connectivity index (χ4v) is 1.31. The number of piperidine rings is 1. The Labute approximate surface area is 65.0 Å². The molecule has 1 aliphatic rings. The lowest BCUT2D eigenvalue weighted by atomic mass is 9.98. The van der Waals surface area contributed by atoms with Crippen LogP contribution in [0.5, 0.6) is 0 Å². The second-order valence-electron chi connectivity index (χ2n) is 2.97. The number of carbonyl (C=O) groups excluding carboxylic acids is 1. The monoisotopic (exact) mass is 161 g/mol. The van der Waals surface area contributed by atoms with Crippen molar-refractivity contribution in [2.75, 3.05) is 20.1 Å². The molecule has 4 heteroatoms. The summed E-state index contributed by atoms with van der Waals surface area (Å²) in [5.41, 5.74) is 0.